The maximum absolute atomic E-state index is 13.1. The predicted molar refractivity (Wildman–Crippen MR) is 125 cm³/mol. The van der Waals surface area contributed by atoms with E-state index >= 15 is 0 Å². The topological polar surface area (TPSA) is 59.6 Å². The van der Waals surface area contributed by atoms with E-state index in [1.165, 1.54) is 0 Å². The molecule has 0 unspecified atom stereocenters. The highest BCUT2D eigenvalue weighted by Gasteiger charge is 2.20. The van der Waals surface area contributed by atoms with Gasteiger partial charge in [-0.25, -0.2) is 0 Å². The number of nitrogens with one attached hydrogen (secondary N) is 1. The van der Waals surface area contributed by atoms with Crippen LogP contribution in [0.15, 0.2) is 40.8 Å². The van der Waals surface area contributed by atoms with Crippen LogP contribution in [0, 0.1) is 6.92 Å². The highest BCUT2D eigenvalue weighted by Crippen LogP contribution is 2.25. The molecule has 0 spiro atoms. The molecule has 0 saturated carbocycles. The Morgan fingerprint density at radius 3 is 2.55 bits per heavy atom. The van der Waals surface area contributed by atoms with Crippen molar-refractivity contribution in [2.75, 3.05) is 26.7 Å². The lowest BCUT2D eigenvalue weighted by Crippen LogP contribution is -2.35. The maximum Gasteiger partial charge on any atom is 0.268 e. The number of benzene rings is 1. The van der Waals surface area contributed by atoms with Gasteiger partial charge in [0.1, 0.15) is 17.2 Å². The minimum Gasteiger partial charge on any atom is -0.497 e. The third-order valence-electron chi connectivity index (χ3n) is 5.83. The first-order valence-corrected chi connectivity index (χ1v) is 11.2. The molecule has 1 atom stereocenters. The summed E-state index contributed by atoms with van der Waals surface area (Å²) in [6.07, 6.45) is 2.02. The number of rotatable bonds is 11. The molecule has 0 fully saturated rings. The number of methoxy groups -OCH3 is 1. The number of aryl methyl sites for hydroxylation is 1. The molecule has 31 heavy (non-hydrogen) atoms. The van der Waals surface area contributed by atoms with Gasteiger partial charge in [-0.15, -0.1) is 0 Å². The zero-order valence-corrected chi connectivity index (χ0v) is 19.4. The van der Waals surface area contributed by atoms with E-state index in [0.29, 0.717) is 12.2 Å². The van der Waals surface area contributed by atoms with E-state index in [4.69, 9.17) is 9.15 Å². The number of ether oxygens (including phenoxy) is 1. The highest BCUT2D eigenvalue weighted by molar-refractivity contribution is 5.97. The Labute approximate surface area is 185 Å². The second-order valence-electron chi connectivity index (χ2n) is 8.11. The largest absolute Gasteiger partial charge is 0.497 e. The van der Waals surface area contributed by atoms with E-state index < -0.39 is 0 Å². The number of nitrogens with zero attached hydrogens (tertiary/aromatic N) is 2. The summed E-state index contributed by atoms with van der Waals surface area (Å²) in [4.78, 5) is 15.5. The van der Waals surface area contributed by atoms with Crippen molar-refractivity contribution in [3.05, 3.63) is 53.4 Å². The quantitative estimate of drug-likeness (QED) is 0.478. The summed E-state index contributed by atoms with van der Waals surface area (Å²) in [5.74, 6) is 1.59. The second kappa shape index (κ2) is 10.5. The number of hydrogen-bond donors (Lipinski definition) is 1. The molecule has 1 aromatic carbocycles. The van der Waals surface area contributed by atoms with Crippen molar-refractivity contribution in [3.63, 3.8) is 0 Å². The molecule has 0 aliphatic carbocycles. The fourth-order valence-corrected chi connectivity index (χ4v) is 3.97. The summed E-state index contributed by atoms with van der Waals surface area (Å²) >= 11 is 0. The minimum absolute atomic E-state index is 0.0621. The van der Waals surface area contributed by atoms with Crippen molar-refractivity contribution in [1.82, 2.24) is 14.8 Å². The molecule has 6 heteroatoms. The fourth-order valence-electron chi connectivity index (χ4n) is 3.97. The van der Waals surface area contributed by atoms with Gasteiger partial charge in [-0.1, -0.05) is 26.0 Å². The normalized spacial score (nSPS) is 12.5. The third-order valence-corrected chi connectivity index (χ3v) is 5.83. The molecule has 1 N–H and O–H groups in total. The van der Waals surface area contributed by atoms with Crippen LogP contribution in [0.4, 0.5) is 0 Å². The van der Waals surface area contributed by atoms with E-state index in [-0.39, 0.29) is 11.9 Å². The summed E-state index contributed by atoms with van der Waals surface area (Å²) in [5, 5.41) is 3.18. The molecule has 168 valence electrons. The van der Waals surface area contributed by atoms with Crippen molar-refractivity contribution < 1.29 is 13.9 Å². The van der Waals surface area contributed by atoms with Gasteiger partial charge in [0.25, 0.3) is 5.91 Å². The van der Waals surface area contributed by atoms with Gasteiger partial charge < -0.3 is 23.9 Å². The van der Waals surface area contributed by atoms with E-state index in [9.17, 15) is 4.79 Å². The summed E-state index contributed by atoms with van der Waals surface area (Å²) in [5.41, 5.74) is 3.40. The Morgan fingerprint density at radius 1 is 1.19 bits per heavy atom. The van der Waals surface area contributed by atoms with Gasteiger partial charge in [-0.2, -0.15) is 0 Å². The van der Waals surface area contributed by atoms with Crippen LogP contribution in [0.1, 0.15) is 55.4 Å². The summed E-state index contributed by atoms with van der Waals surface area (Å²) in [6, 6.07) is 11.9. The zero-order chi connectivity index (χ0) is 22.4. The molecule has 0 bridgehead atoms. The predicted octanol–water partition coefficient (Wildman–Crippen LogP) is 4.84. The van der Waals surface area contributed by atoms with Crippen LogP contribution in [0.25, 0.3) is 11.1 Å². The Bertz CT molecular complexity index is 984. The lowest BCUT2D eigenvalue weighted by atomic mass is 10.1. The minimum atomic E-state index is -0.0621. The number of hydrogen-bond acceptors (Lipinski definition) is 4. The van der Waals surface area contributed by atoms with Crippen LogP contribution in [-0.2, 0) is 6.54 Å². The molecule has 0 radical (unpaired) electrons. The maximum atomic E-state index is 13.1. The second-order valence-corrected chi connectivity index (χ2v) is 8.11. The standard InChI is InChI=1S/C25H35N3O3/c1-6-27(7-2)14-8-9-18(3)26-25(29)23-16-24-22(15-19(4)31-24)28(23)17-20-10-12-21(30-5)13-11-20/h10-13,15-16,18H,6-9,14,17H2,1-5H3,(H,26,29)/t18-/m0/s1. The highest BCUT2D eigenvalue weighted by atomic mass is 16.5. The van der Waals surface area contributed by atoms with Gasteiger partial charge in [0, 0.05) is 24.7 Å². The Hall–Kier alpha value is -2.73. The van der Waals surface area contributed by atoms with E-state index in [2.05, 4.69) is 31.0 Å². The lowest BCUT2D eigenvalue weighted by Gasteiger charge is -2.20. The number of fused-ring (bicyclic) bond motifs is 1. The SMILES string of the molecule is CCN(CC)CCC[C@H](C)NC(=O)c1cc2oc(C)cc2n1Cc1ccc(OC)cc1. The monoisotopic (exact) mass is 425 g/mol. The van der Waals surface area contributed by atoms with Crippen molar-refractivity contribution in [2.45, 2.75) is 53.1 Å². The molecule has 6 nitrogen and oxygen atoms in total. The molecule has 2 heterocycles. The molecule has 3 aromatic rings. The molecule has 0 aliphatic rings. The Kier molecular flexibility index (Phi) is 7.80. The molecule has 0 aliphatic heterocycles. The van der Waals surface area contributed by atoms with Gasteiger partial charge >= 0.3 is 0 Å². The first-order chi connectivity index (χ1) is 14.9. The average molecular weight is 426 g/mol. The molecule has 1 amide bonds. The average Bonchev–Trinajstić information content (AvgIpc) is 3.28. The Balaban J connectivity index is 1.73. The van der Waals surface area contributed by atoms with Gasteiger partial charge in [0.15, 0.2) is 5.58 Å². The number of aromatic nitrogens is 1. The molecule has 3 rings (SSSR count). The first kappa shape index (κ1) is 22.9. The van der Waals surface area contributed by atoms with Crippen LogP contribution >= 0.6 is 0 Å². The lowest BCUT2D eigenvalue weighted by molar-refractivity contribution is 0.0928. The van der Waals surface area contributed by atoms with Crippen molar-refractivity contribution in [1.29, 1.82) is 0 Å². The van der Waals surface area contributed by atoms with Crippen LogP contribution in [0.5, 0.6) is 5.75 Å². The fraction of sp³-hybridized carbons (Fsp3) is 0.480. The number of amides is 1. The third kappa shape index (κ3) is 5.70. The van der Waals surface area contributed by atoms with Crippen molar-refractivity contribution in [3.8, 4) is 5.75 Å². The molecule has 2 aromatic heterocycles. The van der Waals surface area contributed by atoms with Crippen molar-refractivity contribution in [2.24, 2.45) is 0 Å². The van der Waals surface area contributed by atoms with E-state index in [1.807, 2.05) is 47.9 Å². The van der Waals surface area contributed by atoms with Gasteiger partial charge in [-0.3, -0.25) is 4.79 Å². The van der Waals surface area contributed by atoms with Crippen LogP contribution in [0.3, 0.4) is 0 Å². The number of furan rings is 1. The van der Waals surface area contributed by atoms with Gasteiger partial charge in [0.2, 0.25) is 0 Å². The number of carbonyl (C=O) groups excluding carboxylic acids is 1. The van der Waals surface area contributed by atoms with Crippen LogP contribution in [0.2, 0.25) is 0 Å². The zero-order valence-electron chi connectivity index (χ0n) is 19.4. The molecule has 0 saturated heterocycles. The first-order valence-electron chi connectivity index (χ1n) is 11.2. The number of carbonyl (C=O) groups is 1. The van der Waals surface area contributed by atoms with Gasteiger partial charge in [0.05, 0.1) is 12.6 Å². The van der Waals surface area contributed by atoms with Crippen molar-refractivity contribution >= 4 is 17.0 Å². The summed E-state index contributed by atoms with van der Waals surface area (Å²) < 4.78 is 13.1. The molecular weight excluding hydrogens is 390 g/mol. The smallest absolute Gasteiger partial charge is 0.268 e. The van der Waals surface area contributed by atoms with E-state index in [1.54, 1.807) is 7.11 Å². The Morgan fingerprint density at radius 2 is 1.90 bits per heavy atom. The van der Waals surface area contributed by atoms with Crippen LogP contribution < -0.4 is 10.1 Å². The summed E-state index contributed by atoms with van der Waals surface area (Å²) in [6.45, 7) is 12.1. The summed E-state index contributed by atoms with van der Waals surface area (Å²) in [7, 11) is 1.66. The molecular formula is C25H35N3O3. The van der Waals surface area contributed by atoms with Gasteiger partial charge in [-0.05, 0) is 64.0 Å². The van der Waals surface area contributed by atoms with Crippen LogP contribution in [-0.4, -0.2) is 48.2 Å². The van der Waals surface area contributed by atoms with E-state index in [0.717, 1.165) is 60.6 Å².